The smallest absolute Gasteiger partial charge is 0.336 e. The Bertz CT molecular complexity index is 394. The number of rotatable bonds is 4. The number of aromatic carboxylic acids is 1. The topological polar surface area (TPSA) is 77.8 Å². The van der Waals surface area contributed by atoms with Crippen LogP contribution in [0.15, 0.2) is 22.7 Å². The molecular formula is C10H10Br2O4. The molecule has 2 atom stereocenters. The van der Waals surface area contributed by atoms with Crippen molar-refractivity contribution in [3.8, 4) is 0 Å². The number of alkyl halides is 1. The second-order valence-electron chi connectivity index (χ2n) is 3.20. The molecule has 0 saturated heterocycles. The minimum Gasteiger partial charge on any atom is -0.478 e. The number of halogens is 2. The molecule has 88 valence electrons. The maximum absolute atomic E-state index is 11.0. The van der Waals surface area contributed by atoms with Crippen LogP contribution in [0.2, 0.25) is 0 Å². The molecule has 0 aliphatic rings. The highest BCUT2D eigenvalue weighted by Gasteiger charge is 2.22. The quantitative estimate of drug-likeness (QED) is 0.723. The predicted octanol–water partition coefficient (Wildman–Crippen LogP) is 1.94. The molecule has 0 aliphatic heterocycles. The van der Waals surface area contributed by atoms with Gasteiger partial charge in [0, 0.05) is 9.80 Å². The molecule has 0 aromatic heterocycles. The van der Waals surface area contributed by atoms with E-state index < -0.39 is 18.2 Å². The van der Waals surface area contributed by atoms with Crippen molar-refractivity contribution in [2.75, 3.05) is 5.33 Å². The summed E-state index contributed by atoms with van der Waals surface area (Å²) in [7, 11) is 0. The van der Waals surface area contributed by atoms with Gasteiger partial charge in [0.05, 0.1) is 11.7 Å². The Kier molecular flexibility index (Phi) is 4.91. The molecule has 4 nitrogen and oxygen atoms in total. The van der Waals surface area contributed by atoms with E-state index in [0.29, 0.717) is 4.47 Å². The van der Waals surface area contributed by atoms with E-state index in [2.05, 4.69) is 31.9 Å². The van der Waals surface area contributed by atoms with Gasteiger partial charge in [0.15, 0.2) is 0 Å². The van der Waals surface area contributed by atoms with E-state index in [9.17, 15) is 15.0 Å². The molecule has 6 heteroatoms. The van der Waals surface area contributed by atoms with Crippen LogP contribution in [0.4, 0.5) is 0 Å². The van der Waals surface area contributed by atoms with Crippen LogP contribution in [0, 0.1) is 0 Å². The molecule has 0 aliphatic carbocycles. The summed E-state index contributed by atoms with van der Waals surface area (Å²) in [5, 5.41) is 28.3. The minimum absolute atomic E-state index is 0.0260. The fourth-order valence-corrected chi connectivity index (χ4v) is 1.98. The lowest BCUT2D eigenvalue weighted by Gasteiger charge is -2.17. The highest BCUT2D eigenvalue weighted by Crippen LogP contribution is 2.25. The van der Waals surface area contributed by atoms with E-state index >= 15 is 0 Å². The largest absolute Gasteiger partial charge is 0.478 e. The molecule has 3 N–H and O–H groups in total. The Morgan fingerprint density at radius 3 is 2.50 bits per heavy atom. The average Bonchev–Trinajstić information content (AvgIpc) is 2.26. The van der Waals surface area contributed by atoms with Crippen LogP contribution in [0.3, 0.4) is 0 Å². The van der Waals surface area contributed by atoms with Gasteiger partial charge >= 0.3 is 5.97 Å². The second kappa shape index (κ2) is 5.77. The zero-order valence-electron chi connectivity index (χ0n) is 8.10. The zero-order valence-corrected chi connectivity index (χ0v) is 11.3. The third-order valence-corrected chi connectivity index (χ3v) is 3.24. The molecule has 1 aromatic carbocycles. The van der Waals surface area contributed by atoms with Crippen molar-refractivity contribution >= 4 is 37.8 Å². The normalized spacial score (nSPS) is 14.5. The molecule has 0 fully saturated rings. The van der Waals surface area contributed by atoms with Crippen LogP contribution in [-0.4, -0.2) is 32.7 Å². The lowest BCUT2D eigenvalue weighted by molar-refractivity contribution is 0.0328. The molecule has 0 saturated carbocycles. The van der Waals surface area contributed by atoms with E-state index in [1.165, 1.54) is 12.1 Å². The maximum Gasteiger partial charge on any atom is 0.336 e. The summed E-state index contributed by atoms with van der Waals surface area (Å²) in [4.78, 5) is 11.0. The zero-order chi connectivity index (χ0) is 12.3. The van der Waals surface area contributed by atoms with E-state index in [-0.39, 0.29) is 16.5 Å². The highest BCUT2D eigenvalue weighted by molar-refractivity contribution is 9.10. The molecule has 0 bridgehead atoms. The summed E-state index contributed by atoms with van der Waals surface area (Å²) in [5.41, 5.74) is 0.171. The van der Waals surface area contributed by atoms with Gasteiger partial charge in [-0.05, 0) is 17.7 Å². The lowest BCUT2D eigenvalue weighted by atomic mass is 9.99. The van der Waals surface area contributed by atoms with Gasteiger partial charge in [0.25, 0.3) is 0 Å². The van der Waals surface area contributed by atoms with Gasteiger partial charge in [-0.3, -0.25) is 0 Å². The first-order valence-corrected chi connectivity index (χ1v) is 6.33. The fourth-order valence-electron chi connectivity index (χ4n) is 1.26. The van der Waals surface area contributed by atoms with Gasteiger partial charge in [-0.25, -0.2) is 4.79 Å². The van der Waals surface area contributed by atoms with Crippen molar-refractivity contribution in [2.24, 2.45) is 0 Å². The van der Waals surface area contributed by atoms with Gasteiger partial charge in [-0.1, -0.05) is 37.9 Å². The standard InChI is InChI=1S/C10H10Br2O4/c11-4-8(13)9(14)6-2-1-5(12)3-7(6)10(15)16/h1-3,8-9,13-14H,4H2,(H,15,16). The van der Waals surface area contributed by atoms with Gasteiger partial charge < -0.3 is 15.3 Å². The first-order chi connectivity index (χ1) is 7.47. The summed E-state index contributed by atoms with van der Waals surface area (Å²) in [6.07, 6.45) is -2.27. The Morgan fingerprint density at radius 2 is 2.00 bits per heavy atom. The summed E-state index contributed by atoms with van der Waals surface area (Å²) < 4.78 is 0.606. The van der Waals surface area contributed by atoms with Crippen LogP contribution in [0.1, 0.15) is 22.0 Å². The Labute approximate surface area is 109 Å². The van der Waals surface area contributed by atoms with Crippen molar-refractivity contribution in [1.82, 2.24) is 0 Å². The van der Waals surface area contributed by atoms with E-state index in [1.54, 1.807) is 6.07 Å². The molecule has 0 amide bonds. The molecule has 1 rings (SSSR count). The molecule has 0 radical (unpaired) electrons. The van der Waals surface area contributed by atoms with Crippen molar-refractivity contribution in [1.29, 1.82) is 0 Å². The van der Waals surface area contributed by atoms with Gasteiger partial charge in [-0.2, -0.15) is 0 Å². The number of carboxylic acid groups (broad SMARTS) is 1. The van der Waals surface area contributed by atoms with E-state index in [1.807, 2.05) is 0 Å². The van der Waals surface area contributed by atoms with Gasteiger partial charge in [0.2, 0.25) is 0 Å². The van der Waals surface area contributed by atoms with Crippen LogP contribution in [0.5, 0.6) is 0 Å². The molecule has 16 heavy (non-hydrogen) atoms. The number of carbonyl (C=O) groups is 1. The first-order valence-electron chi connectivity index (χ1n) is 4.42. The third kappa shape index (κ3) is 3.04. The van der Waals surface area contributed by atoms with Gasteiger partial charge in [0.1, 0.15) is 6.10 Å². The third-order valence-electron chi connectivity index (χ3n) is 2.09. The summed E-state index contributed by atoms with van der Waals surface area (Å²) in [6.45, 7) is 0. The molecule has 0 spiro atoms. The van der Waals surface area contributed by atoms with Crippen molar-refractivity contribution in [3.05, 3.63) is 33.8 Å². The Balaban J connectivity index is 3.17. The number of benzene rings is 1. The second-order valence-corrected chi connectivity index (χ2v) is 4.77. The summed E-state index contributed by atoms with van der Waals surface area (Å²) in [5.74, 6) is -1.14. The molecular weight excluding hydrogens is 344 g/mol. The van der Waals surface area contributed by atoms with E-state index in [4.69, 9.17) is 5.11 Å². The predicted molar refractivity (Wildman–Crippen MR) is 65.9 cm³/mol. The first kappa shape index (κ1) is 13.6. The highest BCUT2D eigenvalue weighted by atomic mass is 79.9. The van der Waals surface area contributed by atoms with Crippen molar-refractivity contribution in [2.45, 2.75) is 12.2 Å². The number of aliphatic hydroxyl groups excluding tert-OH is 2. The molecule has 2 unspecified atom stereocenters. The Morgan fingerprint density at radius 1 is 1.38 bits per heavy atom. The summed E-state index contributed by atoms with van der Waals surface area (Å²) >= 11 is 6.17. The van der Waals surface area contributed by atoms with Crippen LogP contribution in [-0.2, 0) is 0 Å². The van der Waals surface area contributed by atoms with Crippen LogP contribution >= 0.6 is 31.9 Å². The number of hydrogen-bond donors (Lipinski definition) is 3. The van der Waals surface area contributed by atoms with Gasteiger partial charge in [-0.15, -0.1) is 0 Å². The SMILES string of the molecule is O=C(O)c1cc(Br)ccc1C(O)C(O)CBr. The molecule has 1 aromatic rings. The lowest BCUT2D eigenvalue weighted by Crippen LogP contribution is -2.21. The van der Waals surface area contributed by atoms with Crippen LogP contribution < -0.4 is 0 Å². The maximum atomic E-state index is 11.0. The fraction of sp³-hybridized carbons (Fsp3) is 0.300. The van der Waals surface area contributed by atoms with Crippen molar-refractivity contribution < 1.29 is 20.1 Å². The minimum atomic E-state index is -1.22. The van der Waals surface area contributed by atoms with Crippen molar-refractivity contribution in [3.63, 3.8) is 0 Å². The Hall–Kier alpha value is -0.430. The monoisotopic (exact) mass is 352 g/mol. The molecule has 0 heterocycles. The number of carboxylic acids is 1. The van der Waals surface area contributed by atoms with E-state index in [0.717, 1.165) is 0 Å². The van der Waals surface area contributed by atoms with Crippen LogP contribution in [0.25, 0.3) is 0 Å². The summed E-state index contributed by atoms with van der Waals surface area (Å²) in [6, 6.07) is 4.48. The number of aliphatic hydroxyl groups is 2. The average molecular weight is 354 g/mol. The number of hydrogen-bond acceptors (Lipinski definition) is 3.